The van der Waals surface area contributed by atoms with Crippen molar-refractivity contribution in [2.75, 3.05) is 7.05 Å². The third-order valence-corrected chi connectivity index (χ3v) is 4.53. The van der Waals surface area contributed by atoms with E-state index in [1.807, 2.05) is 44.2 Å². The van der Waals surface area contributed by atoms with Crippen molar-refractivity contribution >= 4 is 5.91 Å². The minimum atomic E-state index is -0.100. The van der Waals surface area contributed by atoms with E-state index in [4.69, 9.17) is 4.52 Å². The summed E-state index contributed by atoms with van der Waals surface area (Å²) in [6, 6.07) is 9.68. The Hall–Kier alpha value is -3.09. The number of carbonyl (C=O) groups is 1. The van der Waals surface area contributed by atoms with Gasteiger partial charge in [-0.3, -0.25) is 4.79 Å². The van der Waals surface area contributed by atoms with Crippen molar-refractivity contribution < 1.29 is 9.32 Å². The van der Waals surface area contributed by atoms with Crippen molar-refractivity contribution in [2.24, 2.45) is 0 Å². The van der Waals surface area contributed by atoms with Gasteiger partial charge >= 0.3 is 0 Å². The summed E-state index contributed by atoms with van der Waals surface area (Å²) >= 11 is 0. The van der Waals surface area contributed by atoms with Gasteiger partial charge in [-0.1, -0.05) is 28.9 Å². The molecule has 0 saturated heterocycles. The molecule has 27 heavy (non-hydrogen) atoms. The molecular formula is C20H23N5O2. The molecule has 0 aliphatic carbocycles. The highest BCUT2D eigenvalue weighted by Crippen LogP contribution is 2.19. The average Bonchev–Trinajstić information content (AvgIpc) is 3.16. The lowest BCUT2D eigenvalue weighted by molar-refractivity contribution is -0.132. The molecule has 7 heteroatoms. The standard InChI is InChI=1S/C20H23N5O2/c1-14-6-4-7-16(12-14)20-23-18(27-24-20)8-5-9-19(26)25(3)15(2)17-10-11-21-13-22-17/h4,6-7,10-13,15H,5,8-9H2,1-3H3/t15-/m0/s1. The Morgan fingerprint density at radius 1 is 1.30 bits per heavy atom. The molecule has 0 aliphatic heterocycles. The molecule has 0 fully saturated rings. The maximum Gasteiger partial charge on any atom is 0.226 e. The second kappa shape index (κ2) is 8.53. The smallest absolute Gasteiger partial charge is 0.226 e. The first-order valence-corrected chi connectivity index (χ1v) is 8.96. The largest absolute Gasteiger partial charge is 0.339 e. The van der Waals surface area contributed by atoms with E-state index in [9.17, 15) is 4.79 Å². The molecule has 0 unspecified atom stereocenters. The summed E-state index contributed by atoms with van der Waals surface area (Å²) in [5.74, 6) is 1.18. The molecule has 7 nitrogen and oxygen atoms in total. The molecule has 3 aromatic rings. The number of hydrogen-bond donors (Lipinski definition) is 0. The minimum Gasteiger partial charge on any atom is -0.339 e. The van der Waals surface area contributed by atoms with Gasteiger partial charge in [0.2, 0.25) is 17.6 Å². The van der Waals surface area contributed by atoms with Crippen molar-refractivity contribution in [1.82, 2.24) is 25.0 Å². The summed E-state index contributed by atoms with van der Waals surface area (Å²) in [5.41, 5.74) is 2.89. The molecule has 0 aliphatic rings. The zero-order chi connectivity index (χ0) is 19.2. The van der Waals surface area contributed by atoms with E-state index >= 15 is 0 Å². The Morgan fingerprint density at radius 2 is 2.15 bits per heavy atom. The topological polar surface area (TPSA) is 85.0 Å². The van der Waals surface area contributed by atoms with Crippen LogP contribution in [0, 0.1) is 6.92 Å². The van der Waals surface area contributed by atoms with Gasteiger partial charge in [-0.15, -0.1) is 0 Å². The Labute approximate surface area is 158 Å². The first-order chi connectivity index (χ1) is 13.0. The maximum atomic E-state index is 12.4. The van der Waals surface area contributed by atoms with Crippen LogP contribution in [0.5, 0.6) is 0 Å². The highest BCUT2D eigenvalue weighted by atomic mass is 16.5. The normalized spacial score (nSPS) is 12.0. The molecular weight excluding hydrogens is 342 g/mol. The van der Waals surface area contributed by atoms with Gasteiger partial charge in [0.05, 0.1) is 11.7 Å². The summed E-state index contributed by atoms with van der Waals surface area (Å²) in [6.45, 7) is 3.97. The van der Waals surface area contributed by atoms with Gasteiger partial charge in [0.15, 0.2) is 0 Å². The van der Waals surface area contributed by atoms with Gasteiger partial charge < -0.3 is 9.42 Å². The molecule has 1 amide bonds. The van der Waals surface area contributed by atoms with E-state index < -0.39 is 0 Å². The fraction of sp³-hybridized carbons (Fsp3) is 0.350. The molecule has 2 aromatic heterocycles. The van der Waals surface area contributed by atoms with Crippen LogP contribution >= 0.6 is 0 Å². The average molecular weight is 365 g/mol. The molecule has 0 saturated carbocycles. The predicted molar refractivity (Wildman–Crippen MR) is 101 cm³/mol. The molecule has 0 N–H and O–H groups in total. The molecule has 2 heterocycles. The summed E-state index contributed by atoms with van der Waals surface area (Å²) < 4.78 is 5.32. The number of aryl methyl sites for hydroxylation is 2. The lowest BCUT2D eigenvalue weighted by Gasteiger charge is -2.24. The molecule has 0 bridgehead atoms. The summed E-state index contributed by atoms with van der Waals surface area (Å²) in [6.07, 6.45) is 4.80. The molecule has 1 atom stereocenters. The number of benzene rings is 1. The van der Waals surface area contributed by atoms with Crippen molar-refractivity contribution in [3.63, 3.8) is 0 Å². The van der Waals surface area contributed by atoms with E-state index in [0.29, 0.717) is 31.0 Å². The van der Waals surface area contributed by atoms with Crippen molar-refractivity contribution in [1.29, 1.82) is 0 Å². The second-order valence-corrected chi connectivity index (χ2v) is 6.55. The van der Waals surface area contributed by atoms with Gasteiger partial charge in [-0.2, -0.15) is 4.98 Å². The Bertz CT molecular complexity index is 894. The highest BCUT2D eigenvalue weighted by Gasteiger charge is 2.18. The van der Waals surface area contributed by atoms with Gasteiger partial charge in [-0.05, 0) is 32.4 Å². The second-order valence-electron chi connectivity index (χ2n) is 6.55. The van der Waals surface area contributed by atoms with E-state index in [2.05, 4.69) is 20.1 Å². The molecule has 1 aromatic carbocycles. The van der Waals surface area contributed by atoms with Crippen LogP contribution in [-0.2, 0) is 11.2 Å². The summed E-state index contributed by atoms with van der Waals surface area (Å²) in [7, 11) is 1.79. The van der Waals surface area contributed by atoms with Crippen molar-refractivity contribution in [2.45, 2.75) is 39.2 Å². The zero-order valence-corrected chi connectivity index (χ0v) is 15.8. The van der Waals surface area contributed by atoms with Crippen LogP contribution in [0.3, 0.4) is 0 Å². The fourth-order valence-corrected chi connectivity index (χ4v) is 2.79. The quantitative estimate of drug-likeness (QED) is 0.638. The molecule has 3 rings (SSSR count). The first kappa shape index (κ1) is 18.7. The number of rotatable bonds is 7. The predicted octanol–water partition coefficient (Wildman–Crippen LogP) is 3.38. The molecule has 0 spiro atoms. The SMILES string of the molecule is Cc1cccc(-c2noc(CCCC(=O)N(C)[C@@H](C)c3ccncn3)n2)c1. The van der Waals surface area contributed by atoms with E-state index in [1.165, 1.54) is 6.33 Å². The van der Waals surface area contributed by atoms with Gasteiger partial charge in [0.25, 0.3) is 0 Å². The van der Waals surface area contributed by atoms with Crippen molar-refractivity contribution in [3.8, 4) is 11.4 Å². The van der Waals surface area contributed by atoms with Crippen LogP contribution in [0.15, 0.2) is 47.4 Å². The number of carbonyl (C=O) groups excluding carboxylic acids is 1. The van der Waals surface area contributed by atoms with Gasteiger partial charge in [-0.25, -0.2) is 9.97 Å². The monoisotopic (exact) mass is 365 g/mol. The van der Waals surface area contributed by atoms with Gasteiger partial charge in [0, 0.05) is 31.6 Å². The number of aromatic nitrogens is 4. The highest BCUT2D eigenvalue weighted by molar-refractivity contribution is 5.76. The zero-order valence-electron chi connectivity index (χ0n) is 15.8. The van der Waals surface area contributed by atoms with E-state index in [1.54, 1.807) is 18.1 Å². The van der Waals surface area contributed by atoms with Crippen LogP contribution in [0.4, 0.5) is 0 Å². The van der Waals surface area contributed by atoms with Crippen molar-refractivity contribution in [3.05, 3.63) is 60.0 Å². The number of nitrogens with zero attached hydrogens (tertiary/aromatic N) is 5. The van der Waals surface area contributed by atoms with Crippen LogP contribution in [0.1, 0.15) is 43.0 Å². The van der Waals surface area contributed by atoms with Crippen LogP contribution in [0.2, 0.25) is 0 Å². The molecule has 0 radical (unpaired) electrons. The lowest BCUT2D eigenvalue weighted by Crippen LogP contribution is -2.30. The third kappa shape index (κ3) is 4.75. The summed E-state index contributed by atoms with van der Waals surface area (Å²) in [5, 5.41) is 4.03. The Morgan fingerprint density at radius 3 is 2.89 bits per heavy atom. The number of hydrogen-bond acceptors (Lipinski definition) is 6. The first-order valence-electron chi connectivity index (χ1n) is 8.96. The number of amides is 1. The fourth-order valence-electron chi connectivity index (χ4n) is 2.79. The van der Waals surface area contributed by atoms with Crippen LogP contribution in [0.25, 0.3) is 11.4 Å². The van der Waals surface area contributed by atoms with Gasteiger partial charge in [0.1, 0.15) is 6.33 Å². The molecule has 140 valence electrons. The Kier molecular flexibility index (Phi) is 5.90. The minimum absolute atomic E-state index is 0.0551. The third-order valence-electron chi connectivity index (χ3n) is 4.53. The van der Waals surface area contributed by atoms with E-state index in [-0.39, 0.29) is 11.9 Å². The summed E-state index contributed by atoms with van der Waals surface area (Å²) in [4.78, 5) is 26.7. The van der Waals surface area contributed by atoms with E-state index in [0.717, 1.165) is 16.8 Å². The lowest BCUT2D eigenvalue weighted by atomic mass is 10.1. The maximum absolute atomic E-state index is 12.4. The Balaban J connectivity index is 1.52. The van der Waals surface area contributed by atoms with Crippen LogP contribution in [-0.4, -0.2) is 38.0 Å². The van der Waals surface area contributed by atoms with Crippen LogP contribution < -0.4 is 0 Å².